The van der Waals surface area contributed by atoms with E-state index in [0.29, 0.717) is 46.2 Å². The van der Waals surface area contributed by atoms with E-state index in [1.807, 2.05) is 66.4 Å². The molecule has 198 valence electrons. The third kappa shape index (κ3) is 6.25. The number of nitrogens with zero attached hydrogens (tertiary/aromatic N) is 3. The van der Waals surface area contributed by atoms with Gasteiger partial charge in [0, 0.05) is 18.0 Å². The van der Waals surface area contributed by atoms with Crippen molar-refractivity contribution in [1.29, 1.82) is 0 Å². The van der Waals surface area contributed by atoms with Crippen molar-refractivity contribution in [3.8, 4) is 11.4 Å². The average molecular weight is 532 g/mol. The zero-order valence-electron chi connectivity index (χ0n) is 22.2. The highest BCUT2D eigenvalue weighted by Crippen LogP contribution is 2.27. The van der Waals surface area contributed by atoms with Gasteiger partial charge in [0.2, 0.25) is 5.91 Å². The van der Waals surface area contributed by atoms with Crippen LogP contribution in [0.1, 0.15) is 63.4 Å². The molecule has 0 bridgehead atoms. The first-order valence-corrected chi connectivity index (χ1v) is 13.5. The first kappa shape index (κ1) is 27.4. The molecule has 1 atom stereocenters. The van der Waals surface area contributed by atoms with Crippen molar-refractivity contribution in [1.82, 2.24) is 14.5 Å². The van der Waals surface area contributed by atoms with Crippen LogP contribution >= 0.6 is 11.6 Å². The van der Waals surface area contributed by atoms with Crippen LogP contribution in [0.15, 0.2) is 77.6 Å². The number of methoxy groups -OCH3 is 1. The van der Waals surface area contributed by atoms with Gasteiger partial charge in [0.25, 0.3) is 5.56 Å². The fourth-order valence-electron chi connectivity index (χ4n) is 4.64. The smallest absolute Gasteiger partial charge is 0.266 e. The number of halogens is 1. The van der Waals surface area contributed by atoms with Crippen LogP contribution in [-0.4, -0.2) is 27.5 Å². The van der Waals surface area contributed by atoms with Gasteiger partial charge in [-0.2, -0.15) is 0 Å². The highest BCUT2D eigenvalue weighted by Gasteiger charge is 2.27. The van der Waals surface area contributed by atoms with Crippen LogP contribution in [0.3, 0.4) is 0 Å². The van der Waals surface area contributed by atoms with Gasteiger partial charge in [-0.1, -0.05) is 68.1 Å². The summed E-state index contributed by atoms with van der Waals surface area (Å²) < 4.78 is 6.92. The lowest BCUT2D eigenvalue weighted by molar-refractivity contribution is -0.134. The van der Waals surface area contributed by atoms with Gasteiger partial charge in [0.05, 0.1) is 29.7 Å². The molecule has 38 heavy (non-hydrogen) atoms. The van der Waals surface area contributed by atoms with Gasteiger partial charge in [-0.15, -0.1) is 0 Å². The molecular formula is C31H34ClN3O3. The maximum absolute atomic E-state index is 13.9. The summed E-state index contributed by atoms with van der Waals surface area (Å²) in [6, 6.07) is 21.8. The summed E-state index contributed by atoms with van der Waals surface area (Å²) in [5, 5.41) is 0.958. The molecule has 1 aromatic heterocycles. The number of carbonyl (C=O) groups is 1. The molecule has 0 spiro atoms. The molecule has 0 N–H and O–H groups in total. The molecule has 6 nitrogen and oxygen atoms in total. The normalized spacial score (nSPS) is 11.9. The van der Waals surface area contributed by atoms with Crippen LogP contribution in [0.5, 0.6) is 5.75 Å². The van der Waals surface area contributed by atoms with Crippen molar-refractivity contribution in [2.75, 3.05) is 7.11 Å². The van der Waals surface area contributed by atoms with Gasteiger partial charge in [-0.05, 0) is 61.4 Å². The standard InChI is InChI=1S/C31H34ClN3O3/c1-4-5-6-10-13-29(36)34(21-23-11-8-7-9-12-23)22(2)30-33-28-20-24(32)14-19-27(28)31(37)35(30)25-15-17-26(38-3)18-16-25/h7-9,11-12,14-20,22H,4-6,10,13,21H2,1-3H3. The number of rotatable bonds is 11. The van der Waals surface area contributed by atoms with Crippen LogP contribution in [0.2, 0.25) is 5.02 Å². The van der Waals surface area contributed by atoms with Crippen LogP contribution in [0.4, 0.5) is 0 Å². The van der Waals surface area contributed by atoms with Crippen molar-refractivity contribution >= 4 is 28.4 Å². The summed E-state index contributed by atoms with van der Waals surface area (Å²) in [5.74, 6) is 1.21. The lowest BCUT2D eigenvalue weighted by atomic mass is 10.1. The maximum Gasteiger partial charge on any atom is 0.266 e. The fourth-order valence-corrected chi connectivity index (χ4v) is 4.81. The number of aromatic nitrogens is 2. The van der Waals surface area contributed by atoms with Crippen molar-refractivity contribution in [2.24, 2.45) is 0 Å². The number of hydrogen-bond acceptors (Lipinski definition) is 4. The monoisotopic (exact) mass is 531 g/mol. The second-order valence-corrected chi connectivity index (χ2v) is 9.90. The van der Waals surface area contributed by atoms with E-state index in [1.54, 1.807) is 29.9 Å². The molecule has 0 saturated carbocycles. The molecule has 0 radical (unpaired) electrons. The Morgan fingerprint density at radius 2 is 1.76 bits per heavy atom. The predicted molar refractivity (Wildman–Crippen MR) is 153 cm³/mol. The van der Waals surface area contributed by atoms with Crippen LogP contribution < -0.4 is 10.3 Å². The second kappa shape index (κ2) is 12.7. The fraction of sp³-hybridized carbons (Fsp3) is 0.323. The van der Waals surface area contributed by atoms with Crippen LogP contribution in [-0.2, 0) is 11.3 Å². The Morgan fingerprint density at radius 3 is 2.45 bits per heavy atom. The first-order chi connectivity index (χ1) is 18.4. The van der Waals surface area contributed by atoms with Crippen molar-refractivity contribution in [3.63, 3.8) is 0 Å². The van der Waals surface area contributed by atoms with Gasteiger partial charge in [0.1, 0.15) is 11.6 Å². The molecule has 0 fully saturated rings. The predicted octanol–water partition coefficient (Wildman–Crippen LogP) is 7.11. The zero-order valence-corrected chi connectivity index (χ0v) is 22.9. The number of benzene rings is 3. The Morgan fingerprint density at radius 1 is 1.03 bits per heavy atom. The number of amides is 1. The Labute approximate surface area is 228 Å². The topological polar surface area (TPSA) is 64.4 Å². The third-order valence-electron chi connectivity index (χ3n) is 6.79. The Kier molecular flexibility index (Phi) is 9.19. The van der Waals surface area contributed by atoms with E-state index in [-0.39, 0.29) is 11.5 Å². The van der Waals surface area contributed by atoms with Gasteiger partial charge >= 0.3 is 0 Å². The number of carbonyl (C=O) groups excluding carboxylic acids is 1. The lowest BCUT2D eigenvalue weighted by Crippen LogP contribution is -2.37. The van der Waals surface area contributed by atoms with Crippen LogP contribution in [0.25, 0.3) is 16.6 Å². The summed E-state index contributed by atoms with van der Waals surface area (Å²) >= 11 is 6.27. The molecule has 4 rings (SSSR count). The molecule has 1 amide bonds. The van der Waals surface area contributed by atoms with E-state index < -0.39 is 6.04 Å². The van der Waals surface area contributed by atoms with E-state index in [2.05, 4.69) is 6.92 Å². The van der Waals surface area contributed by atoms with Gasteiger partial charge < -0.3 is 9.64 Å². The molecule has 7 heteroatoms. The molecule has 1 unspecified atom stereocenters. The van der Waals surface area contributed by atoms with E-state index in [0.717, 1.165) is 31.2 Å². The maximum atomic E-state index is 13.9. The first-order valence-electron chi connectivity index (χ1n) is 13.1. The number of unbranched alkanes of at least 4 members (excludes halogenated alkanes) is 3. The number of hydrogen-bond donors (Lipinski definition) is 0. The Balaban J connectivity index is 1.83. The average Bonchev–Trinajstić information content (AvgIpc) is 2.94. The molecule has 1 heterocycles. The summed E-state index contributed by atoms with van der Waals surface area (Å²) in [7, 11) is 1.60. The molecule has 0 saturated heterocycles. The van der Waals surface area contributed by atoms with Gasteiger partial charge in [-0.3, -0.25) is 14.2 Å². The Bertz CT molecular complexity index is 1430. The summed E-state index contributed by atoms with van der Waals surface area (Å²) in [4.78, 5) is 34.2. The zero-order chi connectivity index (χ0) is 27.1. The molecule has 4 aromatic rings. The molecule has 3 aromatic carbocycles. The SMILES string of the molecule is CCCCCCC(=O)N(Cc1ccccc1)C(C)c1nc2cc(Cl)ccc2c(=O)n1-c1ccc(OC)cc1. The van der Waals surface area contributed by atoms with Crippen molar-refractivity contribution in [2.45, 2.75) is 58.5 Å². The van der Waals surface area contributed by atoms with E-state index in [9.17, 15) is 9.59 Å². The molecule has 0 aliphatic rings. The lowest BCUT2D eigenvalue weighted by Gasteiger charge is -2.31. The summed E-state index contributed by atoms with van der Waals surface area (Å²) in [5.41, 5.74) is 1.96. The Hall–Kier alpha value is -3.64. The van der Waals surface area contributed by atoms with Crippen LogP contribution in [0, 0.1) is 0 Å². The molecule has 0 aliphatic carbocycles. The molecule has 0 aliphatic heterocycles. The van der Waals surface area contributed by atoms with Gasteiger partial charge in [-0.25, -0.2) is 4.98 Å². The highest BCUT2D eigenvalue weighted by atomic mass is 35.5. The number of fused-ring (bicyclic) bond motifs is 1. The van der Waals surface area contributed by atoms with E-state index >= 15 is 0 Å². The minimum absolute atomic E-state index is 0.0409. The largest absolute Gasteiger partial charge is 0.497 e. The minimum Gasteiger partial charge on any atom is -0.497 e. The third-order valence-corrected chi connectivity index (χ3v) is 7.02. The highest BCUT2D eigenvalue weighted by molar-refractivity contribution is 6.31. The quantitative estimate of drug-likeness (QED) is 0.193. The van der Waals surface area contributed by atoms with E-state index in [1.165, 1.54) is 0 Å². The van der Waals surface area contributed by atoms with Crippen molar-refractivity contribution < 1.29 is 9.53 Å². The van der Waals surface area contributed by atoms with Gasteiger partial charge in [0.15, 0.2) is 0 Å². The summed E-state index contributed by atoms with van der Waals surface area (Å²) in [6.45, 7) is 4.51. The van der Waals surface area contributed by atoms with E-state index in [4.69, 9.17) is 21.3 Å². The summed E-state index contributed by atoms with van der Waals surface area (Å²) in [6.07, 6.45) is 4.50. The number of ether oxygens (including phenoxy) is 1. The molecular weight excluding hydrogens is 498 g/mol. The van der Waals surface area contributed by atoms with Crippen molar-refractivity contribution in [3.05, 3.63) is 99.6 Å². The minimum atomic E-state index is -0.480. The second-order valence-electron chi connectivity index (χ2n) is 9.46.